The van der Waals surface area contributed by atoms with E-state index in [1.54, 1.807) is 7.11 Å². The molecule has 2 rings (SSSR count). The van der Waals surface area contributed by atoms with Gasteiger partial charge in [-0.2, -0.15) is 0 Å². The molecule has 2 heteroatoms. The summed E-state index contributed by atoms with van der Waals surface area (Å²) >= 11 is 0. The van der Waals surface area contributed by atoms with Crippen molar-refractivity contribution >= 4 is 5.71 Å². The van der Waals surface area contributed by atoms with Crippen LogP contribution < -0.4 is 0 Å². The largest absolute Gasteiger partial charge is 0.399 e. The van der Waals surface area contributed by atoms with Crippen LogP contribution in [0.1, 0.15) is 5.56 Å². The Balaban J connectivity index is 2.06. The van der Waals surface area contributed by atoms with Crippen LogP contribution in [-0.2, 0) is 11.3 Å². The van der Waals surface area contributed by atoms with E-state index in [2.05, 4.69) is 17.3 Å². The molecule has 0 heterocycles. The van der Waals surface area contributed by atoms with Gasteiger partial charge in [-0.25, -0.2) is 0 Å². The van der Waals surface area contributed by atoms with Gasteiger partial charge in [-0.05, 0) is 31.2 Å². The molecule has 0 atom stereocenters. The summed E-state index contributed by atoms with van der Waals surface area (Å²) in [6.45, 7) is 0. The van der Waals surface area contributed by atoms with Crippen LogP contribution in [0.3, 0.4) is 0 Å². The van der Waals surface area contributed by atoms with Crippen LogP contribution in [0.4, 0.5) is 0 Å². The number of hydrogen-bond acceptors (Lipinski definition) is 2. The Bertz CT molecular complexity index is 339. The van der Waals surface area contributed by atoms with E-state index in [1.807, 2.05) is 43.9 Å². The van der Waals surface area contributed by atoms with Gasteiger partial charge in [0.05, 0.1) is 5.71 Å². The molecule has 1 aliphatic carbocycles. The minimum atomic E-state index is 0.790. The minimum Gasteiger partial charge on any atom is -0.399 e. The molecule has 0 N–H and O–H groups in total. The molecule has 1 aromatic rings. The van der Waals surface area contributed by atoms with Crippen LogP contribution in [0.5, 0.6) is 0 Å². The van der Waals surface area contributed by atoms with Crippen molar-refractivity contribution in [2.24, 2.45) is 5.16 Å². The molecule has 0 amide bonds. The van der Waals surface area contributed by atoms with Gasteiger partial charge in [-0.1, -0.05) is 35.5 Å². The number of rotatable bonds is 4. The second kappa shape index (κ2) is 5.69. The minimum absolute atomic E-state index is 0.790. The maximum Gasteiger partial charge on any atom is 0.106 e. The number of oxime groups is 1. The van der Waals surface area contributed by atoms with Gasteiger partial charge in [-0.3, -0.25) is 0 Å². The Hall–Kier alpha value is -1.31. The van der Waals surface area contributed by atoms with Crippen LogP contribution in [-0.4, -0.2) is 12.8 Å². The Morgan fingerprint density at radius 2 is 1.81 bits per heavy atom. The van der Waals surface area contributed by atoms with Crippen LogP contribution in [0, 0.1) is 31.6 Å². The zero-order valence-corrected chi connectivity index (χ0v) is 9.26. The SMILES string of the molecule is CO/N=C(\Cc1ccccc1)[C]1[CH][CH][CH][CH]1. The molecular formula is C14H14NO. The average Bonchev–Trinajstić information content (AvgIpc) is 2.83. The summed E-state index contributed by atoms with van der Waals surface area (Å²) in [4.78, 5) is 4.89. The first kappa shape index (κ1) is 11.2. The van der Waals surface area contributed by atoms with Gasteiger partial charge < -0.3 is 4.84 Å². The number of benzene rings is 1. The summed E-state index contributed by atoms with van der Waals surface area (Å²) in [5, 5.41) is 4.08. The Kier molecular flexibility index (Phi) is 3.97. The first-order valence-electron chi connectivity index (χ1n) is 5.26. The molecule has 81 valence electrons. The second-order valence-electron chi connectivity index (χ2n) is 3.56. The van der Waals surface area contributed by atoms with E-state index in [9.17, 15) is 0 Å². The average molecular weight is 212 g/mol. The smallest absolute Gasteiger partial charge is 0.106 e. The van der Waals surface area contributed by atoms with Crippen LogP contribution in [0.15, 0.2) is 35.5 Å². The van der Waals surface area contributed by atoms with Crippen molar-refractivity contribution in [1.29, 1.82) is 0 Å². The highest BCUT2D eigenvalue weighted by molar-refractivity contribution is 6.02. The standard InChI is InChI=1S/C14H14NO/c1-16-15-14(13-9-5-6-10-13)11-12-7-3-2-4-8-12/h2-10H,11H2,1H3/b15-14+. The predicted octanol–water partition coefficient (Wildman–Crippen LogP) is 2.64. The van der Waals surface area contributed by atoms with Gasteiger partial charge in [0.25, 0.3) is 0 Å². The number of hydrogen-bond donors (Lipinski definition) is 0. The molecule has 0 saturated heterocycles. The first-order valence-corrected chi connectivity index (χ1v) is 5.26. The van der Waals surface area contributed by atoms with Crippen LogP contribution >= 0.6 is 0 Å². The van der Waals surface area contributed by atoms with E-state index < -0.39 is 0 Å². The van der Waals surface area contributed by atoms with Gasteiger partial charge >= 0.3 is 0 Å². The van der Waals surface area contributed by atoms with E-state index in [0.717, 1.165) is 18.1 Å². The van der Waals surface area contributed by atoms with E-state index >= 15 is 0 Å². The maximum atomic E-state index is 4.89. The zero-order chi connectivity index (χ0) is 11.2. The lowest BCUT2D eigenvalue weighted by Gasteiger charge is -2.11. The van der Waals surface area contributed by atoms with Gasteiger partial charge in [0, 0.05) is 12.3 Å². The lowest BCUT2D eigenvalue weighted by molar-refractivity contribution is 0.212. The third-order valence-corrected chi connectivity index (χ3v) is 2.41. The molecule has 2 nitrogen and oxygen atoms in total. The van der Waals surface area contributed by atoms with E-state index in [1.165, 1.54) is 5.56 Å². The summed E-state index contributed by atoms with van der Waals surface area (Å²) in [7, 11) is 1.58. The predicted molar refractivity (Wildman–Crippen MR) is 65.0 cm³/mol. The third kappa shape index (κ3) is 2.84. The fourth-order valence-electron chi connectivity index (χ4n) is 1.65. The summed E-state index contributed by atoms with van der Waals surface area (Å²) < 4.78 is 0. The number of nitrogens with zero attached hydrogens (tertiary/aromatic N) is 1. The molecule has 0 spiro atoms. The lowest BCUT2D eigenvalue weighted by Crippen LogP contribution is -2.13. The van der Waals surface area contributed by atoms with E-state index in [0.29, 0.717) is 0 Å². The topological polar surface area (TPSA) is 21.6 Å². The van der Waals surface area contributed by atoms with Gasteiger partial charge in [0.1, 0.15) is 7.11 Å². The van der Waals surface area contributed by atoms with Crippen molar-refractivity contribution < 1.29 is 4.84 Å². The summed E-state index contributed by atoms with van der Waals surface area (Å²) in [6, 6.07) is 10.3. The van der Waals surface area contributed by atoms with Crippen molar-refractivity contribution in [3.63, 3.8) is 0 Å². The van der Waals surface area contributed by atoms with Gasteiger partial charge in [0.2, 0.25) is 0 Å². The van der Waals surface area contributed by atoms with Crippen molar-refractivity contribution in [3.8, 4) is 0 Å². The Labute approximate surface area is 97.3 Å². The highest BCUT2D eigenvalue weighted by Crippen LogP contribution is 2.26. The zero-order valence-electron chi connectivity index (χ0n) is 9.26. The monoisotopic (exact) mass is 212 g/mol. The first-order chi connectivity index (χ1) is 7.90. The fourth-order valence-corrected chi connectivity index (χ4v) is 1.65. The molecule has 5 radical (unpaired) electrons. The molecule has 0 bridgehead atoms. The summed E-state index contributed by atoms with van der Waals surface area (Å²) in [5.74, 6) is 1.12. The van der Waals surface area contributed by atoms with Gasteiger partial charge in [-0.15, -0.1) is 0 Å². The molecular weight excluding hydrogens is 198 g/mol. The second-order valence-corrected chi connectivity index (χ2v) is 3.56. The molecule has 0 unspecified atom stereocenters. The highest BCUT2D eigenvalue weighted by Gasteiger charge is 2.23. The lowest BCUT2D eigenvalue weighted by atomic mass is 9.96. The molecule has 1 fully saturated rings. The summed E-state index contributed by atoms with van der Waals surface area (Å²) in [5.41, 5.74) is 2.19. The van der Waals surface area contributed by atoms with Crippen molar-refractivity contribution in [2.75, 3.05) is 7.11 Å². The molecule has 1 saturated carbocycles. The molecule has 0 aromatic heterocycles. The van der Waals surface area contributed by atoms with Crippen molar-refractivity contribution in [2.45, 2.75) is 6.42 Å². The fraction of sp³-hybridized carbons (Fsp3) is 0.143. The van der Waals surface area contributed by atoms with Crippen LogP contribution in [0.25, 0.3) is 0 Å². The van der Waals surface area contributed by atoms with Crippen molar-refractivity contribution in [1.82, 2.24) is 0 Å². The molecule has 1 aliphatic rings. The summed E-state index contributed by atoms with van der Waals surface area (Å²) in [6.07, 6.45) is 8.89. The molecule has 16 heavy (non-hydrogen) atoms. The Morgan fingerprint density at radius 1 is 1.12 bits per heavy atom. The van der Waals surface area contributed by atoms with Crippen molar-refractivity contribution in [3.05, 3.63) is 67.5 Å². The third-order valence-electron chi connectivity index (χ3n) is 2.41. The molecule has 1 aromatic carbocycles. The molecule has 0 aliphatic heterocycles. The quantitative estimate of drug-likeness (QED) is 0.555. The normalized spacial score (nSPS) is 17.7. The van der Waals surface area contributed by atoms with Crippen LogP contribution in [0.2, 0.25) is 0 Å². The van der Waals surface area contributed by atoms with Gasteiger partial charge in [0.15, 0.2) is 0 Å². The maximum absolute atomic E-state index is 4.89. The Morgan fingerprint density at radius 3 is 2.44 bits per heavy atom. The highest BCUT2D eigenvalue weighted by atomic mass is 16.6. The van der Waals surface area contributed by atoms with E-state index in [4.69, 9.17) is 4.84 Å². The van der Waals surface area contributed by atoms with E-state index in [-0.39, 0.29) is 0 Å².